The summed E-state index contributed by atoms with van der Waals surface area (Å²) in [6, 6.07) is 0.427. The van der Waals surface area contributed by atoms with E-state index >= 15 is 0 Å². The Morgan fingerprint density at radius 1 is 1.27 bits per heavy atom. The van der Waals surface area contributed by atoms with E-state index < -0.39 is 0 Å². The number of nitrogens with zero attached hydrogens (tertiary/aromatic N) is 5. The van der Waals surface area contributed by atoms with Crippen molar-refractivity contribution >= 4 is 21.7 Å². The zero-order chi connectivity index (χ0) is 15.4. The molecule has 0 aliphatic carbocycles. The maximum absolute atomic E-state index is 5.70. The van der Waals surface area contributed by atoms with E-state index in [4.69, 9.17) is 4.74 Å². The van der Waals surface area contributed by atoms with E-state index in [0.29, 0.717) is 18.5 Å². The second kappa shape index (κ2) is 7.00. The lowest BCUT2D eigenvalue weighted by Gasteiger charge is -2.33. The van der Waals surface area contributed by atoms with Crippen molar-refractivity contribution in [1.82, 2.24) is 19.9 Å². The van der Waals surface area contributed by atoms with Crippen LogP contribution in [0.15, 0.2) is 29.3 Å². The molecule has 0 spiro atoms. The number of aromatic nitrogens is 4. The highest BCUT2D eigenvalue weighted by Gasteiger charge is 2.22. The Morgan fingerprint density at radius 3 is 2.86 bits per heavy atom. The highest BCUT2D eigenvalue weighted by Crippen LogP contribution is 2.22. The van der Waals surface area contributed by atoms with Gasteiger partial charge in [0.1, 0.15) is 5.82 Å². The fraction of sp³-hybridized carbons (Fsp3) is 0.467. The van der Waals surface area contributed by atoms with Crippen molar-refractivity contribution in [1.29, 1.82) is 0 Å². The summed E-state index contributed by atoms with van der Waals surface area (Å²) in [7, 11) is 0. The van der Waals surface area contributed by atoms with Crippen molar-refractivity contribution < 1.29 is 4.74 Å². The van der Waals surface area contributed by atoms with E-state index in [1.54, 1.807) is 18.6 Å². The number of anilines is 1. The Labute approximate surface area is 138 Å². The molecule has 22 heavy (non-hydrogen) atoms. The molecule has 0 N–H and O–H groups in total. The van der Waals surface area contributed by atoms with Crippen LogP contribution in [0.5, 0.6) is 6.01 Å². The van der Waals surface area contributed by atoms with Crippen LogP contribution in [0.4, 0.5) is 5.82 Å². The predicted octanol–water partition coefficient (Wildman–Crippen LogP) is 2.63. The molecule has 1 atom stereocenters. The van der Waals surface area contributed by atoms with E-state index in [2.05, 4.69) is 40.8 Å². The molecular formula is C15H18BrN5O. The molecule has 116 valence electrons. The molecule has 0 amide bonds. The van der Waals surface area contributed by atoms with Crippen molar-refractivity contribution in [3.05, 3.63) is 35.0 Å². The zero-order valence-corrected chi connectivity index (χ0v) is 14.0. The van der Waals surface area contributed by atoms with Gasteiger partial charge in [-0.2, -0.15) is 0 Å². The minimum atomic E-state index is 0.427. The molecule has 2 aromatic heterocycles. The summed E-state index contributed by atoms with van der Waals surface area (Å²) in [6.07, 6.45) is 9.26. The summed E-state index contributed by atoms with van der Waals surface area (Å²) < 4.78 is 6.55. The van der Waals surface area contributed by atoms with Crippen LogP contribution in [0.3, 0.4) is 0 Å². The molecule has 1 fully saturated rings. The Kier molecular flexibility index (Phi) is 4.82. The van der Waals surface area contributed by atoms with Gasteiger partial charge in [-0.15, -0.1) is 0 Å². The molecule has 0 aromatic carbocycles. The average molecular weight is 364 g/mol. The summed E-state index contributed by atoms with van der Waals surface area (Å²) in [4.78, 5) is 19.3. The highest BCUT2D eigenvalue weighted by atomic mass is 79.9. The largest absolute Gasteiger partial charge is 0.463 e. The highest BCUT2D eigenvalue weighted by molar-refractivity contribution is 9.10. The molecule has 7 heteroatoms. The van der Waals surface area contributed by atoms with Gasteiger partial charge in [-0.3, -0.25) is 4.98 Å². The zero-order valence-electron chi connectivity index (χ0n) is 12.4. The number of hydrogen-bond donors (Lipinski definition) is 0. The Bertz CT molecular complexity index is 622. The van der Waals surface area contributed by atoms with Gasteiger partial charge < -0.3 is 9.64 Å². The molecule has 1 saturated heterocycles. The van der Waals surface area contributed by atoms with Gasteiger partial charge in [0.05, 0.1) is 23.0 Å². The van der Waals surface area contributed by atoms with Crippen molar-refractivity contribution in [2.75, 3.05) is 24.6 Å². The number of halogens is 1. The van der Waals surface area contributed by atoms with E-state index in [-0.39, 0.29) is 0 Å². The lowest BCUT2D eigenvalue weighted by Crippen LogP contribution is -2.38. The minimum absolute atomic E-state index is 0.427. The molecule has 0 saturated carbocycles. The molecule has 0 radical (unpaired) electrons. The van der Waals surface area contributed by atoms with Gasteiger partial charge in [-0.05, 0) is 35.7 Å². The molecule has 3 rings (SSSR count). The number of hydrogen-bond acceptors (Lipinski definition) is 6. The SMILES string of the molecule is Cc1cncc(N2CCCC(COc3ncc(Br)cn3)C2)n1. The Hall–Kier alpha value is -1.76. The van der Waals surface area contributed by atoms with E-state index in [1.165, 1.54) is 0 Å². The average Bonchev–Trinajstić information content (AvgIpc) is 2.55. The first-order valence-electron chi connectivity index (χ1n) is 7.34. The molecule has 1 aliphatic heterocycles. The van der Waals surface area contributed by atoms with Crippen LogP contribution in [0.2, 0.25) is 0 Å². The Morgan fingerprint density at radius 2 is 2.09 bits per heavy atom. The first-order valence-corrected chi connectivity index (χ1v) is 8.14. The molecule has 3 heterocycles. The van der Waals surface area contributed by atoms with E-state index in [1.807, 2.05) is 13.1 Å². The van der Waals surface area contributed by atoms with Crippen LogP contribution in [-0.2, 0) is 0 Å². The number of rotatable bonds is 4. The second-order valence-corrected chi connectivity index (χ2v) is 6.38. The normalized spacial score (nSPS) is 18.3. The number of ether oxygens (including phenoxy) is 1. The molecule has 6 nitrogen and oxygen atoms in total. The summed E-state index contributed by atoms with van der Waals surface area (Å²) in [5.74, 6) is 1.40. The van der Waals surface area contributed by atoms with Gasteiger partial charge in [0.25, 0.3) is 0 Å². The van der Waals surface area contributed by atoms with Gasteiger partial charge in [-0.1, -0.05) is 0 Å². The predicted molar refractivity (Wildman–Crippen MR) is 86.9 cm³/mol. The molecule has 2 aromatic rings. The third kappa shape index (κ3) is 3.91. The van der Waals surface area contributed by atoms with Crippen LogP contribution in [-0.4, -0.2) is 39.6 Å². The maximum atomic E-state index is 5.70. The molecule has 1 unspecified atom stereocenters. The van der Waals surface area contributed by atoms with Crippen molar-refractivity contribution in [2.24, 2.45) is 5.92 Å². The van der Waals surface area contributed by atoms with Crippen molar-refractivity contribution in [3.63, 3.8) is 0 Å². The van der Waals surface area contributed by atoms with E-state index in [0.717, 1.165) is 41.9 Å². The monoisotopic (exact) mass is 363 g/mol. The van der Waals surface area contributed by atoms with Crippen LogP contribution >= 0.6 is 15.9 Å². The number of aryl methyl sites for hydroxylation is 1. The summed E-state index contributed by atoms with van der Waals surface area (Å²) in [5.41, 5.74) is 0.944. The fourth-order valence-corrected chi connectivity index (χ4v) is 2.78. The third-order valence-electron chi connectivity index (χ3n) is 3.63. The smallest absolute Gasteiger partial charge is 0.316 e. The standard InChI is InChI=1S/C15H18BrN5O/c1-11-5-17-8-14(20-11)21-4-2-3-12(9-21)10-22-15-18-6-13(16)7-19-15/h5-8,12H,2-4,9-10H2,1H3. The van der Waals surface area contributed by atoms with Gasteiger partial charge >= 0.3 is 6.01 Å². The quantitative estimate of drug-likeness (QED) is 0.831. The third-order valence-corrected chi connectivity index (χ3v) is 4.04. The summed E-state index contributed by atoms with van der Waals surface area (Å²) >= 11 is 3.31. The van der Waals surface area contributed by atoms with Crippen LogP contribution in [0.25, 0.3) is 0 Å². The maximum Gasteiger partial charge on any atom is 0.316 e. The van der Waals surface area contributed by atoms with Gasteiger partial charge in [0.15, 0.2) is 0 Å². The molecular weight excluding hydrogens is 346 g/mol. The van der Waals surface area contributed by atoms with Crippen LogP contribution < -0.4 is 9.64 Å². The van der Waals surface area contributed by atoms with Crippen molar-refractivity contribution in [2.45, 2.75) is 19.8 Å². The summed E-state index contributed by atoms with van der Waals surface area (Å²) in [5, 5.41) is 0. The lowest BCUT2D eigenvalue weighted by molar-refractivity contribution is 0.213. The fourth-order valence-electron chi connectivity index (χ4n) is 2.58. The minimum Gasteiger partial charge on any atom is -0.463 e. The lowest BCUT2D eigenvalue weighted by atomic mass is 9.99. The van der Waals surface area contributed by atoms with Crippen LogP contribution in [0, 0.1) is 12.8 Å². The topological polar surface area (TPSA) is 64.0 Å². The first kappa shape index (κ1) is 15.1. The second-order valence-electron chi connectivity index (χ2n) is 5.47. The molecule has 0 bridgehead atoms. The van der Waals surface area contributed by atoms with E-state index in [9.17, 15) is 0 Å². The van der Waals surface area contributed by atoms with Crippen LogP contribution in [0.1, 0.15) is 18.5 Å². The van der Waals surface area contributed by atoms with Gasteiger partial charge in [0, 0.05) is 37.6 Å². The van der Waals surface area contributed by atoms with Gasteiger partial charge in [-0.25, -0.2) is 15.0 Å². The Balaban J connectivity index is 1.57. The number of piperidine rings is 1. The van der Waals surface area contributed by atoms with Gasteiger partial charge in [0.2, 0.25) is 0 Å². The summed E-state index contributed by atoms with van der Waals surface area (Å²) in [6.45, 7) is 4.53. The first-order chi connectivity index (χ1) is 10.7. The van der Waals surface area contributed by atoms with Crippen molar-refractivity contribution in [3.8, 4) is 6.01 Å². The molecule has 1 aliphatic rings.